The van der Waals surface area contributed by atoms with Gasteiger partial charge in [0.15, 0.2) is 0 Å². The van der Waals surface area contributed by atoms with Gasteiger partial charge >= 0.3 is 10.4 Å². The van der Waals surface area contributed by atoms with Gasteiger partial charge in [-0.05, 0) is 111 Å². The Balaban J connectivity index is 1.51. The monoisotopic (exact) mass is 496 g/mol. The van der Waals surface area contributed by atoms with E-state index in [1.807, 2.05) is 0 Å². The minimum Gasteiger partial charge on any atom is -0.264 e. The van der Waals surface area contributed by atoms with E-state index in [1.54, 1.807) is 0 Å². The van der Waals surface area contributed by atoms with Crippen molar-refractivity contribution in [3.63, 3.8) is 0 Å². The molecule has 1 N–H and O–H groups in total. The second-order valence-electron chi connectivity index (χ2n) is 13.7. The summed E-state index contributed by atoms with van der Waals surface area (Å²) in [7, 11) is -4.42. The molecule has 198 valence electrons. The van der Waals surface area contributed by atoms with Crippen LogP contribution in [0.2, 0.25) is 0 Å². The molecule has 0 aromatic carbocycles. The van der Waals surface area contributed by atoms with Crippen LogP contribution < -0.4 is 0 Å². The average Bonchev–Trinajstić information content (AvgIpc) is 3.11. The molecule has 4 aliphatic rings. The molecule has 0 aliphatic heterocycles. The maximum atomic E-state index is 11.7. The Hall–Kier alpha value is -0.130. The molecule has 4 fully saturated rings. The average molecular weight is 497 g/mol. The summed E-state index contributed by atoms with van der Waals surface area (Å²) in [6, 6.07) is 0. The highest BCUT2D eigenvalue weighted by Crippen LogP contribution is 2.68. The van der Waals surface area contributed by atoms with Gasteiger partial charge in [0.1, 0.15) is 0 Å². The molecule has 0 saturated heterocycles. The molecule has 0 spiro atoms. The topological polar surface area (TPSA) is 63.6 Å². The Morgan fingerprint density at radius 2 is 1.68 bits per heavy atom. The zero-order valence-corrected chi connectivity index (χ0v) is 23.6. The second kappa shape index (κ2) is 9.97. The van der Waals surface area contributed by atoms with Gasteiger partial charge in [0.05, 0.1) is 6.10 Å². The van der Waals surface area contributed by atoms with Crippen molar-refractivity contribution >= 4 is 10.4 Å². The lowest BCUT2D eigenvalue weighted by molar-refractivity contribution is -0.157. The van der Waals surface area contributed by atoms with Crippen molar-refractivity contribution in [3.8, 4) is 0 Å². The summed E-state index contributed by atoms with van der Waals surface area (Å²) in [4.78, 5) is 0. The van der Waals surface area contributed by atoms with Gasteiger partial charge < -0.3 is 0 Å². The second-order valence-corrected chi connectivity index (χ2v) is 14.7. The van der Waals surface area contributed by atoms with E-state index in [4.69, 9.17) is 4.18 Å². The molecule has 4 aliphatic carbocycles. The molecule has 2 unspecified atom stereocenters. The standard InChI is InChI=1S/C29H52O4S/c1-7-21(19(2)3)12-11-20(4)24-15-16-25-23-14-13-22-9-8-10-27(33-34(30,31)32)29(22,6)26(23)17-18-28(24,25)5/h19-27H,7-18H2,1-6H3,(H,30,31,32)/t20-,21-,22?,23-,24-,25+,26+,27?,28-,29+/m1/s1. The van der Waals surface area contributed by atoms with E-state index in [1.165, 1.54) is 64.2 Å². The molecular formula is C29H52O4S. The molecule has 5 heteroatoms. The van der Waals surface area contributed by atoms with Crippen LogP contribution in [0.4, 0.5) is 0 Å². The van der Waals surface area contributed by atoms with Crippen molar-refractivity contribution in [2.24, 2.45) is 58.2 Å². The fourth-order valence-corrected chi connectivity index (χ4v) is 10.8. The Morgan fingerprint density at radius 1 is 0.941 bits per heavy atom. The van der Waals surface area contributed by atoms with Crippen LogP contribution in [-0.2, 0) is 14.6 Å². The maximum Gasteiger partial charge on any atom is 0.397 e. The van der Waals surface area contributed by atoms with Gasteiger partial charge in [0.2, 0.25) is 0 Å². The molecule has 0 aromatic rings. The predicted octanol–water partition coefficient (Wildman–Crippen LogP) is 7.93. The number of rotatable bonds is 8. The molecule has 4 nitrogen and oxygen atoms in total. The third-order valence-electron chi connectivity index (χ3n) is 12.1. The van der Waals surface area contributed by atoms with E-state index in [9.17, 15) is 13.0 Å². The van der Waals surface area contributed by atoms with Crippen LogP contribution in [0.5, 0.6) is 0 Å². The van der Waals surface area contributed by atoms with Crippen LogP contribution in [0, 0.1) is 58.2 Å². The molecule has 34 heavy (non-hydrogen) atoms. The van der Waals surface area contributed by atoms with E-state index in [-0.39, 0.29) is 11.5 Å². The fraction of sp³-hybridized carbons (Fsp3) is 1.00. The minimum atomic E-state index is -4.42. The van der Waals surface area contributed by atoms with Gasteiger partial charge in [-0.25, -0.2) is 4.18 Å². The van der Waals surface area contributed by atoms with Crippen LogP contribution in [0.15, 0.2) is 0 Å². The van der Waals surface area contributed by atoms with E-state index in [0.29, 0.717) is 23.2 Å². The van der Waals surface area contributed by atoms with Crippen molar-refractivity contribution in [2.75, 3.05) is 0 Å². The quantitative estimate of drug-likeness (QED) is 0.346. The Labute approximate surface area is 210 Å². The molecule has 0 bridgehead atoms. The smallest absolute Gasteiger partial charge is 0.264 e. The highest BCUT2D eigenvalue weighted by atomic mass is 32.3. The summed E-state index contributed by atoms with van der Waals surface area (Å²) in [5.74, 6) is 5.74. The largest absolute Gasteiger partial charge is 0.397 e. The van der Waals surface area contributed by atoms with Crippen molar-refractivity contribution in [2.45, 2.75) is 125 Å². The lowest BCUT2D eigenvalue weighted by Crippen LogP contribution is -2.58. The molecule has 10 atom stereocenters. The maximum absolute atomic E-state index is 11.7. The van der Waals surface area contributed by atoms with Crippen LogP contribution in [0.3, 0.4) is 0 Å². The number of hydrogen-bond acceptors (Lipinski definition) is 3. The normalized spacial score (nSPS) is 44.2. The first-order valence-corrected chi connectivity index (χ1v) is 15.9. The zero-order valence-electron chi connectivity index (χ0n) is 22.8. The first kappa shape index (κ1) is 26.9. The van der Waals surface area contributed by atoms with Crippen molar-refractivity contribution in [1.82, 2.24) is 0 Å². The lowest BCUT2D eigenvalue weighted by atomic mass is 9.44. The van der Waals surface area contributed by atoms with E-state index < -0.39 is 10.4 Å². The van der Waals surface area contributed by atoms with Crippen molar-refractivity contribution in [1.29, 1.82) is 0 Å². The van der Waals surface area contributed by atoms with Gasteiger partial charge in [-0.15, -0.1) is 0 Å². The number of fused-ring (bicyclic) bond motifs is 5. The highest BCUT2D eigenvalue weighted by Gasteiger charge is 2.62. The van der Waals surface area contributed by atoms with Crippen LogP contribution >= 0.6 is 0 Å². The van der Waals surface area contributed by atoms with Crippen LogP contribution in [0.25, 0.3) is 0 Å². The van der Waals surface area contributed by atoms with Gasteiger partial charge in [-0.2, -0.15) is 8.42 Å². The van der Waals surface area contributed by atoms with Gasteiger partial charge in [-0.3, -0.25) is 4.55 Å². The molecule has 4 rings (SSSR count). The summed E-state index contributed by atoms with van der Waals surface area (Å²) in [6.45, 7) is 14.6. The molecular weight excluding hydrogens is 444 g/mol. The van der Waals surface area contributed by atoms with Crippen LogP contribution in [-0.4, -0.2) is 19.1 Å². The Kier molecular flexibility index (Phi) is 7.89. The van der Waals surface area contributed by atoms with Crippen molar-refractivity contribution in [3.05, 3.63) is 0 Å². The number of hydrogen-bond donors (Lipinski definition) is 1. The molecule has 4 saturated carbocycles. The molecule has 0 amide bonds. The minimum absolute atomic E-state index is 0.131. The zero-order chi connectivity index (χ0) is 24.9. The van der Waals surface area contributed by atoms with E-state index in [2.05, 4.69) is 41.5 Å². The van der Waals surface area contributed by atoms with Gasteiger partial charge in [-0.1, -0.05) is 60.8 Å². The SMILES string of the molecule is CC[C@H](CC[C@@H](C)[C@H]1CC[C@H]2[C@H]3CCC4CCCC(OS(=O)(=O)O)[C@]4(C)[C@H]3CC[C@]12C)C(C)C. The summed E-state index contributed by atoms with van der Waals surface area (Å²) in [5.41, 5.74) is 0.297. The van der Waals surface area contributed by atoms with Crippen molar-refractivity contribution < 1.29 is 17.2 Å². The van der Waals surface area contributed by atoms with E-state index in [0.717, 1.165) is 42.4 Å². The Morgan fingerprint density at radius 3 is 2.32 bits per heavy atom. The summed E-state index contributed by atoms with van der Waals surface area (Å²) in [6.07, 6.45) is 14.3. The summed E-state index contributed by atoms with van der Waals surface area (Å²) >= 11 is 0. The molecule has 0 heterocycles. The third kappa shape index (κ3) is 4.76. The van der Waals surface area contributed by atoms with Gasteiger partial charge in [0, 0.05) is 5.41 Å². The fourth-order valence-electron chi connectivity index (χ4n) is 10.2. The molecule has 0 radical (unpaired) electrons. The van der Waals surface area contributed by atoms with E-state index >= 15 is 0 Å². The predicted molar refractivity (Wildman–Crippen MR) is 139 cm³/mol. The lowest BCUT2D eigenvalue weighted by Gasteiger charge is -2.62. The highest BCUT2D eigenvalue weighted by molar-refractivity contribution is 7.80. The first-order valence-electron chi connectivity index (χ1n) is 14.6. The summed E-state index contributed by atoms with van der Waals surface area (Å²) < 4.78 is 38.4. The summed E-state index contributed by atoms with van der Waals surface area (Å²) in [5, 5.41) is 0. The third-order valence-corrected chi connectivity index (χ3v) is 12.6. The van der Waals surface area contributed by atoms with Gasteiger partial charge in [0.25, 0.3) is 0 Å². The first-order chi connectivity index (χ1) is 15.9. The molecule has 0 aromatic heterocycles. The van der Waals surface area contributed by atoms with Crippen LogP contribution in [0.1, 0.15) is 119 Å². The Bertz CT molecular complexity index is 809.